The van der Waals surface area contributed by atoms with Crippen molar-refractivity contribution < 1.29 is 19.0 Å². The monoisotopic (exact) mass is 587 g/mol. The van der Waals surface area contributed by atoms with Crippen LogP contribution in [-0.2, 0) is 4.74 Å². The summed E-state index contributed by atoms with van der Waals surface area (Å²) in [5, 5.41) is 38.4. The lowest BCUT2D eigenvalue weighted by Gasteiger charge is -2.30. The first-order valence-corrected chi connectivity index (χ1v) is 14.5. The van der Waals surface area contributed by atoms with Crippen LogP contribution in [0.2, 0.25) is 0 Å². The Balaban J connectivity index is 1.22. The van der Waals surface area contributed by atoms with Gasteiger partial charge in [-0.05, 0) is 63.8 Å². The van der Waals surface area contributed by atoms with Gasteiger partial charge >= 0.3 is 0 Å². The molecule has 5 heterocycles. The summed E-state index contributed by atoms with van der Waals surface area (Å²) in [5.41, 5.74) is 2.71. The number of anilines is 1. The second-order valence-corrected chi connectivity index (χ2v) is 11.9. The number of amides is 1. The van der Waals surface area contributed by atoms with Gasteiger partial charge in [0, 0.05) is 18.4 Å². The molecule has 224 valence electrons. The van der Waals surface area contributed by atoms with Crippen LogP contribution < -0.4 is 10.6 Å². The zero-order valence-electron chi connectivity index (χ0n) is 24.1. The molecule has 12 nitrogen and oxygen atoms in total. The van der Waals surface area contributed by atoms with E-state index in [0.717, 1.165) is 36.9 Å². The van der Waals surface area contributed by atoms with Crippen molar-refractivity contribution in [3.63, 3.8) is 0 Å². The van der Waals surface area contributed by atoms with Gasteiger partial charge < -0.3 is 20.5 Å². The molecule has 3 N–H and O–H groups in total. The maximum absolute atomic E-state index is 14.4. The highest BCUT2D eigenvalue weighted by molar-refractivity contribution is 6.00. The number of pyridine rings is 1. The number of nitrogens with one attached hydrogen (secondary N) is 2. The van der Waals surface area contributed by atoms with Crippen molar-refractivity contribution in [1.29, 1.82) is 5.26 Å². The summed E-state index contributed by atoms with van der Waals surface area (Å²) in [6, 6.07) is 9.69. The molecule has 1 atom stereocenters. The van der Waals surface area contributed by atoms with Crippen LogP contribution in [0.3, 0.4) is 0 Å². The fourth-order valence-electron chi connectivity index (χ4n) is 5.44. The maximum atomic E-state index is 14.4. The Kier molecular flexibility index (Phi) is 7.81. The van der Waals surface area contributed by atoms with Crippen LogP contribution in [0.1, 0.15) is 73.1 Å². The summed E-state index contributed by atoms with van der Waals surface area (Å²) >= 11 is 0. The summed E-state index contributed by atoms with van der Waals surface area (Å²) in [6.45, 7) is 3.77. The van der Waals surface area contributed by atoms with Crippen LogP contribution in [0.15, 0.2) is 42.9 Å². The average Bonchev–Trinajstić information content (AvgIpc) is 3.62. The van der Waals surface area contributed by atoms with E-state index in [1.54, 1.807) is 16.6 Å². The van der Waals surface area contributed by atoms with Crippen molar-refractivity contribution in [2.24, 2.45) is 0 Å². The molecule has 0 aromatic carbocycles. The highest BCUT2D eigenvalue weighted by atomic mass is 19.1. The molecule has 0 unspecified atom stereocenters. The average molecular weight is 588 g/mol. The third-order valence-electron chi connectivity index (χ3n) is 8.26. The Morgan fingerprint density at radius 1 is 1.23 bits per heavy atom. The molecule has 2 fully saturated rings. The molecule has 4 aromatic rings. The molecule has 43 heavy (non-hydrogen) atoms. The first-order chi connectivity index (χ1) is 20.7. The Morgan fingerprint density at radius 3 is 2.72 bits per heavy atom. The second-order valence-electron chi connectivity index (χ2n) is 11.9. The van der Waals surface area contributed by atoms with Crippen molar-refractivity contribution >= 4 is 17.1 Å². The summed E-state index contributed by atoms with van der Waals surface area (Å²) in [5.74, 6) is -0.163. The van der Waals surface area contributed by atoms with Crippen LogP contribution in [0, 0.1) is 11.3 Å². The molecular weight excluding hydrogens is 553 g/mol. The van der Waals surface area contributed by atoms with Crippen LogP contribution in [0.5, 0.6) is 0 Å². The number of halogens is 1. The molecule has 1 amide bonds. The quantitative estimate of drug-likeness (QED) is 0.267. The number of nitriles is 1. The lowest BCUT2D eigenvalue weighted by atomic mass is 9.91. The van der Waals surface area contributed by atoms with Crippen molar-refractivity contribution in [3.8, 4) is 17.5 Å². The van der Waals surface area contributed by atoms with Crippen molar-refractivity contribution in [2.75, 3.05) is 25.1 Å². The van der Waals surface area contributed by atoms with Crippen LogP contribution in [0.25, 0.3) is 16.9 Å². The zero-order chi connectivity index (χ0) is 30.1. The number of ether oxygens (including phenoxy) is 1. The van der Waals surface area contributed by atoms with E-state index in [9.17, 15) is 19.6 Å². The predicted molar refractivity (Wildman–Crippen MR) is 155 cm³/mol. The molecule has 0 spiro atoms. The molecule has 1 aliphatic carbocycles. The summed E-state index contributed by atoms with van der Waals surface area (Å²) in [6.07, 6.45) is 6.84. The predicted octanol–water partition coefficient (Wildman–Crippen LogP) is 3.41. The van der Waals surface area contributed by atoms with Crippen molar-refractivity contribution in [1.82, 2.24) is 34.9 Å². The van der Waals surface area contributed by atoms with Gasteiger partial charge in [-0.2, -0.15) is 10.4 Å². The lowest BCUT2D eigenvalue weighted by molar-refractivity contribution is -0.00178. The number of carbonyl (C=O) groups is 1. The fraction of sp³-hybridized carbons (Fsp3) is 0.467. The maximum Gasteiger partial charge on any atom is 0.255 e. The van der Waals surface area contributed by atoms with Gasteiger partial charge in [0.05, 0.1) is 82.9 Å². The Bertz CT molecular complexity index is 1660. The molecule has 6 rings (SSSR count). The molecule has 2 aliphatic rings. The highest BCUT2D eigenvalue weighted by Crippen LogP contribution is 2.33. The number of nitrogens with zero attached hydrogens (tertiary/aromatic N) is 7. The molecule has 1 aliphatic heterocycles. The Hall–Kier alpha value is -4.41. The number of alkyl halides is 1. The van der Waals surface area contributed by atoms with Crippen LogP contribution in [0.4, 0.5) is 10.1 Å². The van der Waals surface area contributed by atoms with Gasteiger partial charge in [-0.25, -0.2) is 13.6 Å². The first-order valence-electron chi connectivity index (χ1n) is 14.5. The molecule has 0 bridgehead atoms. The number of hydrogen-bond acceptors (Lipinski definition) is 9. The van der Waals surface area contributed by atoms with Crippen molar-refractivity contribution in [2.45, 2.75) is 69.3 Å². The lowest BCUT2D eigenvalue weighted by Crippen LogP contribution is -2.42. The number of hydrogen-bond donors (Lipinski definition) is 3. The summed E-state index contributed by atoms with van der Waals surface area (Å²) in [7, 11) is 0. The molecular formula is C30H34FN9O3. The van der Waals surface area contributed by atoms with Gasteiger partial charge in [0.25, 0.3) is 5.91 Å². The van der Waals surface area contributed by atoms with Crippen molar-refractivity contribution in [3.05, 3.63) is 59.7 Å². The third kappa shape index (κ3) is 6.07. The first kappa shape index (κ1) is 28.7. The normalized spacial score (nSPS) is 19.9. The number of rotatable bonds is 9. The number of aromatic nitrogens is 6. The van der Waals surface area contributed by atoms with Gasteiger partial charge in [-0.15, -0.1) is 5.10 Å². The summed E-state index contributed by atoms with van der Waals surface area (Å²) < 4.78 is 23.4. The van der Waals surface area contributed by atoms with E-state index in [1.807, 2.05) is 23.0 Å². The molecule has 1 saturated heterocycles. The van der Waals surface area contributed by atoms with E-state index in [4.69, 9.17) is 4.74 Å². The highest BCUT2D eigenvalue weighted by Gasteiger charge is 2.29. The summed E-state index contributed by atoms with van der Waals surface area (Å²) in [4.78, 5) is 17.8. The number of carbonyl (C=O) groups excluding carboxylic acids is 1. The fourth-order valence-corrected chi connectivity index (χ4v) is 5.44. The van der Waals surface area contributed by atoms with Crippen LogP contribution >= 0.6 is 0 Å². The molecule has 1 saturated carbocycles. The van der Waals surface area contributed by atoms with Gasteiger partial charge in [0.2, 0.25) is 0 Å². The van der Waals surface area contributed by atoms with E-state index in [0.29, 0.717) is 41.8 Å². The van der Waals surface area contributed by atoms with Crippen LogP contribution in [-0.4, -0.2) is 78.2 Å². The topological polar surface area (TPSA) is 155 Å². The van der Waals surface area contributed by atoms with E-state index < -0.39 is 17.7 Å². The largest absolute Gasteiger partial charge is 0.387 e. The van der Waals surface area contributed by atoms with E-state index in [1.165, 1.54) is 26.2 Å². The SMILES string of the molecule is CC(C)(O)[C@H](F)CNC(=O)c1cnc(-c2ccc3cc(C#N)cnn23)cc1N[C@H]1CC[C@H](n2cc(C3COC3)nn2)CC1. The van der Waals surface area contributed by atoms with Gasteiger partial charge in [-0.3, -0.25) is 9.78 Å². The van der Waals surface area contributed by atoms with E-state index in [2.05, 4.69) is 37.1 Å². The molecule has 4 aromatic heterocycles. The third-order valence-corrected chi connectivity index (χ3v) is 8.26. The zero-order valence-corrected chi connectivity index (χ0v) is 24.1. The standard InChI is InChI=1S/C30H34FN9O3/c1-30(2,42)28(31)14-34-29(41)23-13-33-25(27-8-7-22-9-18(11-32)12-35-40(22)27)10-24(23)36-20-3-5-21(6-4-20)39-15-26(37-38-39)19-16-43-17-19/h7-10,12-13,15,19-21,28,42H,3-6,14,16-17H2,1-2H3,(H,33,36)(H,34,41)/t20-,21-,28-/m1/s1. The smallest absolute Gasteiger partial charge is 0.255 e. The van der Waals surface area contributed by atoms with E-state index >= 15 is 0 Å². The van der Waals surface area contributed by atoms with E-state index in [-0.39, 0.29) is 24.2 Å². The Labute approximate surface area is 247 Å². The molecule has 0 radical (unpaired) electrons. The minimum absolute atomic E-state index is 0.0896. The number of aliphatic hydroxyl groups is 1. The Morgan fingerprint density at radius 2 is 2.02 bits per heavy atom. The second kappa shape index (κ2) is 11.7. The molecule has 13 heteroatoms. The van der Waals surface area contributed by atoms with Gasteiger partial charge in [0.15, 0.2) is 0 Å². The number of fused-ring (bicyclic) bond motifs is 1. The minimum Gasteiger partial charge on any atom is -0.387 e. The minimum atomic E-state index is -1.64. The van der Waals surface area contributed by atoms with Gasteiger partial charge in [-0.1, -0.05) is 5.21 Å². The van der Waals surface area contributed by atoms with Gasteiger partial charge in [0.1, 0.15) is 12.2 Å².